The van der Waals surface area contributed by atoms with Crippen molar-refractivity contribution >= 4 is 15.7 Å². The summed E-state index contributed by atoms with van der Waals surface area (Å²) in [7, 11) is -3.88. The number of nitrogens with one attached hydrogen (secondary N) is 1. The first kappa shape index (κ1) is 14.2. The largest absolute Gasteiger partial charge is 0.393 e. The van der Waals surface area contributed by atoms with Gasteiger partial charge in [-0.3, -0.25) is 0 Å². The molecule has 0 heterocycles. The third-order valence-electron chi connectivity index (χ3n) is 3.36. The number of sulfonamides is 1. The minimum atomic E-state index is -3.88. The number of rotatable bonds is 4. The van der Waals surface area contributed by atoms with Crippen molar-refractivity contribution in [3.05, 3.63) is 24.0 Å². The van der Waals surface area contributed by atoms with Crippen LogP contribution in [-0.2, 0) is 10.0 Å². The van der Waals surface area contributed by atoms with E-state index in [1.165, 1.54) is 12.1 Å². The van der Waals surface area contributed by atoms with Gasteiger partial charge in [-0.2, -0.15) is 0 Å². The summed E-state index contributed by atoms with van der Waals surface area (Å²) in [4.78, 5) is -0.244. The standard InChI is InChI=1S/C12H17FN2O3S/c13-11-6-10(19(14,17)18)3-4-12(11)15-7-8-1-2-9(16)5-8/h3-4,6,8-9,15-16H,1-2,5,7H2,(H2,14,17,18). The lowest BCUT2D eigenvalue weighted by Gasteiger charge is -2.13. The van der Waals surface area contributed by atoms with Crippen molar-refractivity contribution in [3.63, 3.8) is 0 Å². The highest BCUT2D eigenvalue weighted by Crippen LogP contribution is 2.26. The van der Waals surface area contributed by atoms with E-state index >= 15 is 0 Å². The molecule has 1 fully saturated rings. The molecular formula is C12H17FN2O3S. The highest BCUT2D eigenvalue weighted by atomic mass is 32.2. The summed E-state index contributed by atoms with van der Waals surface area (Å²) < 4.78 is 35.8. The molecular weight excluding hydrogens is 271 g/mol. The first-order valence-electron chi connectivity index (χ1n) is 6.10. The van der Waals surface area contributed by atoms with Crippen LogP contribution in [-0.4, -0.2) is 26.2 Å². The lowest BCUT2D eigenvalue weighted by atomic mass is 10.1. The van der Waals surface area contributed by atoms with Gasteiger partial charge in [-0.25, -0.2) is 17.9 Å². The molecule has 0 aromatic heterocycles. The fourth-order valence-corrected chi connectivity index (χ4v) is 2.83. The van der Waals surface area contributed by atoms with Crippen LogP contribution in [0.5, 0.6) is 0 Å². The summed E-state index contributed by atoms with van der Waals surface area (Å²) >= 11 is 0. The van der Waals surface area contributed by atoms with E-state index in [1.54, 1.807) is 0 Å². The lowest BCUT2D eigenvalue weighted by molar-refractivity contribution is 0.178. The second-order valence-corrected chi connectivity index (χ2v) is 6.46. The smallest absolute Gasteiger partial charge is 0.238 e. The molecule has 0 bridgehead atoms. The molecule has 1 saturated carbocycles. The maximum atomic E-state index is 13.7. The molecule has 0 radical (unpaired) electrons. The molecule has 0 amide bonds. The van der Waals surface area contributed by atoms with Gasteiger partial charge in [0.1, 0.15) is 5.82 Å². The number of hydrogen-bond acceptors (Lipinski definition) is 4. The van der Waals surface area contributed by atoms with Crippen LogP contribution >= 0.6 is 0 Å². The predicted octanol–water partition coefficient (Wildman–Crippen LogP) is 1.05. The first-order valence-corrected chi connectivity index (χ1v) is 7.65. The van der Waals surface area contributed by atoms with Crippen molar-refractivity contribution in [1.82, 2.24) is 0 Å². The average molecular weight is 288 g/mol. The number of aliphatic hydroxyl groups is 1. The highest BCUT2D eigenvalue weighted by Gasteiger charge is 2.22. The fraction of sp³-hybridized carbons (Fsp3) is 0.500. The average Bonchev–Trinajstić information content (AvgIpc) is 2.72. The molecule has 7 heteroatoms. The predicted molar refractivity (Wildman–Crippen MR) is 69.6 cm³/mol. The Morgan fingerprint density at radius 1 is 1.42 bits per heavy atom. The number of primary sulfonamides is 1. The van der Waals surface area contributed by atoms with E-state index in [2.05, 4.69) is 5.32 Å². The topological polar surface area (TPSA) is 92.4 Å². The molecule has 106 valence electrons. The van der Waals surface area contributed by atoms with Crippen LogP contribution in [0.2, 0.25) is 0 Å². The van der Waals surface area contributed by atoms with Gasteiger partial charge in [0.05, 0.1) is 16.7 Å². The third kappa shape index (κ3) is 3.65. The van der Waals surface area contributed by atoms with E-state index in [4.69, 9.17) is 5.14 Å². The molecule has 1 aliphatic carbocycles. The summed E-state index contributed by atoms with van der Waals surface area (Å²) in [5.41, 5.74) is 0.244. The number of hydrogen-bond donors (Lipinski definition) is 3. The summed E-state index contributed by atoms with van der Waals surface area (Å²) in [6, 6.07) is 3.53. The summed E-state index contributed by atoms with van der Waals surface area (Å²) in [5, 5.41) is 17.2. The van der Waals surface area contributed by atoms with Crippen LogP contribution in [0.15, 0.2) is 23.1 Å². The Labute approximate surface area is 111 Å². The molecule has 1 aromatic carbocycles. The number of anilines is 1. The van der Waals surface area contributed by atoms with E-state index < -0.39 is 15.8 Å². The van der Waals surface area contributed by atoms with Gasteiger partial charge >= 0.3 is 0 Å². The molecule has 1 aromatic rings. The van der Waals surface area contributed by atoms with Crippen molar-refractivity contribution in [1.29, 1.82) is 0 Å². The summed E-state index contributed by atoms with van der Waals surface area (Å²) in [6.07, 6.45) is 2.13. The second kappa shape index (κ2) is 5.44. The van der Waals surface area contributed by atoms with E-state index in [1.807, 2.05) is 0 Å². The molecule has 4 N–H and O–H groups in total. The molecule has 0 saturated heterocycles. The van der Waals surface area contributed by atoms with E-state index in [0.29, 0.717) is 18.9 Å². The maximum absolute atomic E-state index is 13.7. The van der Waals surface area contributed by atoms with Gasteiger partial charge in [-0.1, -0.05) is 0 Å². The van der Waals surface area contributed by atoms with Gasteiger partial charge < -0.3 is 10.4 Å². The third-order valence-corrected chi connectivity index (χ3v) is 4.27. The molecule has 2 unspecified atom stereocenters. The number of aliphatic hydroxyl groups excluding tert-OH is 1. The molecule has 1 aliphatic rings. The van der Waals surface area contributed by atoms with E-state index in [9.17, 15) is 17.9 Å². The normalized spacial score (nSPS) is 23.5. The highest BCUT2D eigenvalue weighted by molar-refractivity contribution is 7.89. The molecule has 19 heavy (non-hydrogen) atoms. The van der Waals surface area contributed by atoms with E-state index in [-0.39, 0.29) is 16.7 Å². The Kier molecular flexibility index (Phi) is 4.07. The van der Waals surface area contributed by atoms with Gasteiger partial charge in [0.15, 0.2) is 0 Å². The Hall–Kier alpha value is -1.18. The van der Waals surface area contributed by atoms with Crippen LogP contribution < -0.4 is 10.5 Å². The lowest BCUT2D eigenvalue weighted by Crippen LogP contribution is -2.15. The van der Waals surface area contributed by atoms with Crippen molar-refractivity contribution in [2.24, 2.45) is 11.1 Å². The van der Waals surface area contributed by atoms with Gasteiger partial charge in [-0.15, -0.1) is 0 Å². The molecule has 5 nitrogen and oxygen atoms in total. The summed E-state index contributed by atoms with van der Waals surface area (Å²) in [6.45, 7) is 0.558. The van der Waals surface area contributed by atoms with Crippen LogP contribution in [0.3, 0.4) is 0 Å². The van der Waals surface area contributed by atoms with Gasteiger partial charge in [0.25, 0.3) is 0 Å². The van der Waals surface area contributed by atoms with Crippen LogP contribution in [0.4, 0.5) is 10.1 Å². The zero-order valence-corrected chi connectivity index (χ0v) is 11.2. The zero-order valence-electron chi connectivity index (χ0n) is 10.3. The quantitative estimate of drug-likeness (QED) is 0.772. The van der Waals surface area contributed by atoms with Crippen molar-refractivity contribution < 1.29 is 17.9 Å². The van der Waals surface area contributed by atoms with Crippen LogP contribution in [0.25, 0.3) is 0 Å². The Morgan fingerprint density at radius 3 is 2.68 bits per heavy atom. The van der Waals surface area contributed by atoms with Gasteiger partial charge in [-0.05, 0) is 43.4 Å². The van der Waals surface area contributed by atoms with Gasteiger partial charge in [0, 0.05) is 6.54 Å². The maximum Gasteiger partial charge on any atom is 0.238 e. The Bertz CT molecular complexity index is 562. The minimum absolute atomic E-state index is 0.244. The zero-order chi connectivity index (χ0) is 14.0. The second-order valence-electron chi connectivity index (χ2n) is 4.90. The monoisotopic (exact) mass is 288 g/mol. The van der Waals surface area contributed by atoms with Crippen molar-refractivity contribution in [2.75, 3.05) is 11.9 Å². The SMILES string of the molecule is NS(=O)(=O)c1ccc(NCC2CCC(O)C2)c(F)c1. The molecule has 2 atom stereocenters. The van der Waals surface area contributed by atoms with E-state index in [0.717, 1.165) is 18.9 Å². The fourth-order valence-electron chi connectivity index (χ4n) is 2.30. The molecule has 0 spiro atoms. The first-order chi connectivity index (χ1) is 8.86. The molecule has 0 aliphatic heterocycles. The number of nitrogens with two attached hydrogens (primary N) is 1. The van der Waals surface area contributed by atoms with Crippen molar-refractivity contribution in [3.8, 4) is 0 Å². The Morgan fingerprint density at radius 2 is 2.16 bits per heavy atom. The Balaban J connectivity index is 2.02. The van der Waals surface area contributed by atoms with Crippen molar-refractivity contribution in [2.45, 2.75) is 30.3 Å². The van der Waals surface area contributed by atoms with Crippen LogP contribution in [0, 0.1) is 11.7 Å². The number of benzene rings is 1. The van der Waals surface area contributed by atoms with Gasteiger partial charge in [0.2, 0.25) is 10.0 Å². The summed E-state index contributed by atoms with van der Waals surface area (Å²) in [5.74, 6) is -0.336. The number of halogens is 1. The van der Waals surface area contributed by atoms with Crippen LogP contribution in [0.1, 0.15) is 19.3 Å². The molecule has 2 rings (SSSR count). The minimum Gasteiger partial charge on any atom is -0.393 e.